The molecule has 0 unspecified atom stereocenters. The highest BCUT2D eigenvalue weighted by molar-refractivity contribution is 5.63. The average molecular weight is 518 g/mol. The molecule has 4 aromatic rings. The van der Waals surface area contributed by atoms with Crippen LogP contribution in [0.15, 0.2) is 48.9 Å². The summed E-state index contributed by atoms with van der Waals surface area (Å²) in [7, 11) is 0. The van der Waals surface area contributed by atoms with Crippen molar-refractivity contribution in [3.05, 3.63) is 77.5 Å². The van der Waals surface area contributed by atoms with E-state index in [9.17, 15) is 8.78 Å². The molecule has 4 heterocycles. The molecule has 1 aliphatic rings. The molecule has 5 rings (SSSR count). The number of nitrogens with zero attached hydrogens (tertiary/aromatic N) is 6. The zero-order valence-electron chi connectivity index (χ0n) is 21.3. The summed E-state index contributed by atoms with van der Waals surface area (Å²) in [5.74, 6) is -0.530. The van der Waals surface area contributed by atoms with Crippen LogP contribution >= 0.6 is 0 Å². The zero-order valence-corrected chi connectivity index (χ0v) is 21.3. The number of ether oxygens (including phenoxy) is 1. The fourth-order valence-corrected chi connectivity index (χ4v) is 5.20. The van der Waals surface area contributed by atoms with E-state index in [0.29, 0.717) is 42.9 Å². The van der Waals surface area contributed by atoms with Gasteiger partial charge in [0.15, 0.2) is 0 Å². The fourth-order valence-electron chi connectivity index (χ4n) is 5.20. The lowest BCUT2D eigenvalue weighted by Crippen LogP contribution is -2.57. The van der Waals surface area contributed by atoms with Crippen LogP contribution in [0.1, 0.15) is 30.3 Å². The number of halogens is 2. The van der Waals surface area contributed by atoms with Crippen molar-refractivity contribution in [2.75, 3.05) is 24.6 Å². The van der Waals surface area contributed by atoms with E-state index >= 15 is 0 Å². The minimum atomic E-state index is -0.656. The van der Waals surface area contributed by atoms with Crippen LogP contribution < -0.4 is 10.6 Å². The molecule has 0 amide bonds. The van der Waals surface area contributed by atoms with Gasteiger partial charge in [-0.15, -0.1) is 0 Å². The SMILES string of the molecule is Cc1cc(F)c(-c2ccc3cnc(Cc4cnccc4N4C[C@@H](N)[C@@H](OCCC#N)[C@@H](C)C4)n3n2)c(F)c1. The van der Waals surface area contributed by atoms with Gasteiger partial charge in [0.05, 0.1) is 48.2 Å². The van der Waals surface area contributed by atoms with Gasteiger partial charge in [0.25, 0.3) is 0 Å². The average Bonchev–Trinajstić information content (AvgIpc) is 3.27. The highest BCUT2D eigenvalue weighted by Gasteiger charge is 2.34. The molecule has 3 aromatic heterocycles. The lowest BCUT2D eigenvalue weighted by Gasteiger charge is -2.42. The molecule has 1 fully saturated rings. The van der Waals surface area contributed by atoms with Crippen molar-refractivity contribution in [3.63, 3.8) is 0 Å². The summed E-state index contributed by atoms with van der Waals surface area (Å²) in [6, 6.07) is 9.78. The molecule has 2 N–H and O–H groups in total. The Morgan fingerprint density at radius 2 is 1.95 bits per heavy atom. The van der Waals surface area contributed by atoms with Crippen molar-refractivity contribution in [2.45, 2.75) is 38.8 Å². The molecule has 0 radical (unpaired) electrons. The number of fused-ring (bicyclic) bond motifs is 1. The number of hydrogen-bond acceptors (Lipinski definition) is 7. The van der Waals surface area contributed by atoms with E-state index in [-0.39, 0.29) is 29.3 Å². The minimum Gasteiger partial charge on any atom is -0.375 e. The van der Waals surface area contributed by atoms with Gasteiger partial charge in [-0.25, -0.2) is 18.3 Å². The second-order valence-corrected chi connectivity index (χ2v) is 9.80. The lowest BCUT2D eigenvalue weighted by molar-refractivity contribution is -0.00335. The standard InChI is InChI=1S/C28H29F2N7O/c1-17-10-21(29)27(22(30)11-17)24-5-4-20-14-34-26(37(20)35-24)12-19-13-33-8-6-25(19)36-15-18(2)28(23(32)16-36)38-9-3-7-31/h4-6,8,10-11,13-14,18,23,28H,3,9,12,15-16,32H2,1-2H3/t18-,23+,28-/m0/s1. The highest BCUT2D eigenvalue weighted by atomic mass is 19.1. The van der Waals surface area contributed by atoms with Crippen molar-refractivity contribution in [1.82, 2.24) is 19.6 Å². The molecule has 196 valence electrons. The summed E-state index contributed by atoms with van der Waals surface area (Å²) < 4.78 is 36.8. The number of rotatable bonds is 7. The maximum absolute atomic E-state index is 14.7. The van der Waals surface area contributed by atoms with Gasteiger partial charge in [0.2, 0.25) is 0 Å². The zero-order chi connectivity index (χ0) is 26.8. The third-order valence-corrected chi connectivity index (χ3v) is 6.91. The van der Waals surface area contributed by atoms with Gasteiger partial charge < -0.3 is 15.4 Å². The Bertz CT molecular complexity index is 1460. The molecule has 3 atom stereocenters. The van der Waals surface area contributed by atoms with Crippen LogP contribution in [0, 0.1) is 35.8 Å². The second kappa shape index (κ2) is 10.8. The first-order valence-corrected chi connectivity index (χ1v) is 12.6. The first-order chi connectivity index (χ1) is 18.4. The molecule has 0 aliphatic carbocycles. The van der Waals surface area contributed by atoms with Gasteiger partial charge >= 0.3 is 0 Å². The summed E-state index contributed by atoms with van der Waals surface area (Å²) in [6.07, 6.45) is 5.86. The normalized spacial score (nSPS) is 19.6. The number of nitrogens with two attached hydrogens (primary N) is 1. The van der Waals surface area contributed by atoms with E-state index in [2.05, 4.69) is 33.0 Å². The number of imidazole rings is 1. The Hall–Kier alpha value is -3.94. The van der Waals surface area contributed by atoms with Crippen LogP contribution in [0.5, 0.6) is 0 Å². The van der Waals surface area contributed by atoms with Crippen LogP contribution in [0.25, 0.3) is 16.8 Å². The Morgan fingerprint density at radius 3 is 2.68 bits per heavy atom. The number of piperidine rings is 1. The molecule has 1 aromatic carbocycles. The van der Waals surface area contributed by atoms with Crippen molar-refractivity contribution < 1.29 is 13.5 Å². The van der Waals surface area contributed by atoms with E-state index in [1.54, 1.807) is 42.2 Å². The van der Waals surface area contributed by atoms with Gasteiger partial charge in [-0.3, -0.25) is 4.98 Å². The molecule has 0 saturated carbocycles. The number of benzene rings is 1. The number of aryl methyl sites for hydroxylation is 1. The second-order valence-electron chi connectivity index (χ2n) is 9.80. The van der Waals surface area contributed by atoms with Crippen molar-refractivity contribution in [2.24, 2.45) is 11.7 Å². The number of hydrogen-bond donors (Lipinski definition) is 1. The van der Waals surface area contributed by atoms with E-state index in [1.165, 1.54) is 12.1 Å². The van der Waals surface area contributed by atoms with Crippen LogP contribution in [-0.2, 0) is 11.2 Å². The van der Waals surface area contributed by atoms with Gasteiger partial charge in [-0.05, 0) is 42.8 Å². The highest BCUT2D eigenvalue weighted by Crippen LogP contribution is 2.30. The maximum Gasteiger partial charge on any atom is 0.135 e. The van der Waals surface area contributed by atoms with Gasteiger partial charge in [0, 0.05) is 55.1 Å². The summed E-state index contributed by atoms with van der Waals surface area (Å²) in [5.41, 5.74) is 9.66. The fraction of sp³-hybridized carbons (Fsp3) is 0.357. The summed E-state index contributed by atoms with van der Waals surface area (Å²) in [6.45, 7) is 5.44. The Labute approximate surface area is 219 Å². The van der Waals surface area contributed by atoms with Crippen molar-refractivity contribution in [3.8, 4) is 17.3 Å². The van der Waals surface area contributed by atoms with E-state index in [0.717, 1.165) is 17.8 Å². The minimum absolute atomic E-state index is 0.119. The number of nitriles is 1. The van der Waals surface area contributed by atoms with Gasteiger partial charge in [0.1, 0.15) is 17.5 Å². The summed E-state index contributed by atoms with van der Waals surface area (Å²) in [4.78, 5) is 11.1. The van der Waals surface area contributed by atoms with Crippen LogP contribution in [-0.4, -0.2) is 51.4 Å². The summed E-state index contributed by atoms with van der Waals surface area (Å²) >= 11 is 0. The lowest BCUT2D eigenvalue weighted by atomic mass is 9.91. The largest absolute Gasteiger partial charge is 0.375 e. The predicted octanol–water partition coefficient (Wildman–Crippen LogP) is 4.05. The number of anilines is 1. The molecule has 1 saturated heterocycles. The monoisotopic (exact) mass is 517 g/mol. The van der Waals surface area contributed by atoms with E-state index < -0.39 is 11.6 Å². The topological polar surface area (TPSA) is 105 Å². The third-order valence-electron chi connectivity index (χ3n) is 6.91. The molecule has 8 nitrogen and oxygen atoms in total. The van der Waals surface area contributed by atoms with Gasteiger partial charge in [-0.1, -0.05) is 6.92 Å². The molecule has 1 aliphatic heterocycles. The summed E-state index contributed by atoms with van der Waals surface area (Å²) in [5, 5.41) is 13.4. The van der Waals surface area contributed by atoms with Crippen LogP contribution in [0.3, 0.4) is 0 Å². The number of aromatic nitrogens is 4. The quantitative estimate of drug-likeness (QED) is 0.369. The molecule has 38 heavy (non-hydrogen) atoms. The predicted molar refractivity (Wildman–Crippen MR) is 139 cm³/mol. The Morgan fingerprint density at radius 1 is 1.16 bits per heavy atom. The number of pyridine rings is 1. The Kier molecular flexibility index (Phi) is 7.31. The first-order valence-electron chi connectivity index (χ1n) is 12.6. The first kappa shape index (κ1) is 25.7. The molecular formula is C28H29F2N7O. The molecule has 0 bridgehead atoms. The van der Waals surface area contributed by atoms with Crippen molar-refractivity contribution >= 4 is 11.2 Å². The van der Waals surface area contributed by atoms with Gasteiger partial charge in [-0.2, -0.15) is 10.4 Å². The maximum atomic E-state index is 14.7. The van der Waals surface area contributed by atoms with E-state index in [1.807, 2.05) is 6.07 Å². The molecule has 0 spiro atoms. The third kappa shape index (κ3) is 5.08. The molecule has 10 heteroatoms. The smallest absolute Gasteiger partial charge is 0.135 e. The van der Waals surface area contributed by atoms with Crippen LogP contribution in [0.4, 0.5) is 14.5 Å². The van der Waals surface area contributed by atoms with Crippen LogP contribution in [0.2, 0.25) is 0 Å². The van der Waals surface area contributed by atoms with Crippen molar-refractivity contribution in [1.29, 1.82) is 5.26 Å². The van der Waals surface area contributed by atoms with E-state index in [4.69, 9.17) is 15.7 Å². The Balaban J connectivity index is 1.42. The molecular weight excluding hydrogens is 488 g/mol.